The molecule has 0 spiro atoms. The molecule has 0 radical (unpaired) electrons. The number of hydrogen-bond acceptors (Lipinski definition) is 5. The van der Waals surface area contributed by atoms with E-state index < -0.39 is 0 Å². The second-order valence-corrected chi connectivity index (χ2v) is 6.37. The van der Waals surface area contributed by atoms with Gasteiger partial charge in [0.25, 0.3) is 5.91 Å². The van der Waals surface area contributed by atoms with Crippen LogP contribution in [0, 0.1) is 6.92 Å². The lowest BCUT2D eigenvalue weighted by Crippen LogP contribution is -2.24. The van der Waals surface area contributed by atoms with E-state index in [1.807, 2.05) is 31.2 Å². The quantitative estimate of drug-likeness (QED) is 0.569. The highest BCUT2D eigenvalue weighted by atomic mass is 16.5. The summed E-state index contributed by atoms with van der Waals surface area (Å²) in [6, 6.07) is 11.2. The minimum atomic E-state index is -0.336. The second kappa shape index (κ2) is 9.62. The summed E-state index contributed by atoms with van der Waals surface area (Å²) in [4.78, 5) is 11.9. The average molecular weight is 370 g/mol. The number of amides is 1. The number of rotatable bonds is 8. The maximum atomic E-state index is 11.9. The summed E-state index contributed by atoms with van der Waals surface area (Å²) in [7, 11) is 3.14. The Balaban J connectivity index is 1.87. The number of nitrogens with one attached hydrogen (secondary N) is 1. The Labute approximate surface area is 160 Å². The van der Waals surface area contributed by atoms with Crippen LogP contribution in [-0.4, -0.2) is 32.9 Å². The van der Waals surface area contributed by atoms with Crippen molar-refractivity contribution in [2.75, 3.05) is 20.8 Å². The van der Waals surface area contributed by atoms with Crippen LogP contribution in [0.4, 0.5) is 0 Å². The molecule has 0 aliphatic heterocycles. The molecule has 144 valence electrons. The molecule has 0 saturated heterocycles. The fourth-order valence-electron chi connectivity index (χ4n) is 2.68. The van der Waals surface area contributed by atoms with Gasteiger partial charge in [0.2, 0.25) is 0 Å². The first-order chi connectivity index (χ1) is 12.9. The molecule has 0 heterocycles. The summed E-state index contributed by atoms with van der Waals surface area (Å²) in [5.41, 5.74) is 5.63. The monoisotopic (exact) mass is 370 g/mol. The molecule has 27 heavy (non-hydrogen) atoms. The lowest BCUT2D eigenvalue weighted by molar-refractivity contribution is -0.123. The van der Waals surface area contributed by atoms with Gasteiger partial charge in [-0.2, -0.15) is 5.10 Å². The van der Waals surface area contributed by atoms with E-state index in [0.29, 0.717) is 23.2 Å². The number of ether oxygens (including phenoxy) is 3. The Kier molecular flexibility index (Phi) is 7.23. The highest BCUT2D eigenvalue weighted by molar-refractivity contribution is 5.83. The molecule has 0 fully saturated rings. The van der Waals surface area contributed by atoms with Crippen LogP contribution in [0.5, 0.6) is 17.2 Å². The third-order valence-electron chi connectivity index (χ3n) is 4.04. The minimum Gasteiger partial charge on any atom is -0.493 e. The molecule has 2 rings (SSSR count). The molecule has 0 aliphatic rings. The van der Waals surface area contributed by atoms with Crippen LogP contribution in [0.1, 0.15) is 36.5 Å². The molecule has 0 bridgehead atoms. The normalized spacial score (nSPS) is 10.9. The van der Waals surface area contributed by atoms with Crippen LogP contribution in [0.25, 0.3) is 0 Å². The second-order valence-electron chi connectivity index (χ2n) is 6.37. The van der Waals surface area contributed by atoms with Gasteiger partial charge in [-0.3, -0.25) is 4.79 Å². The van der Waals surface area contributed by atoms with Gasteiger partial charge >= 0.3 is 0 Å². The van der Waals surface area contributed by atoms with Crippen LogP contribution < -0.4 is 19.6 Å². The number of benzene rings is 2. The highest BCUT2D eigenvalue weighted by Gasteiger charge is 2.07. The molecule has 1 N–H and O–H groups in total. The van der Waals surface area contributed by atoms with Crippen LogP contribution in [-0.2, 0) is 4.79 Å². The van der Waals surface area contributed by atoms with Gasteiger partial charge < -0.3 is 14.2 Å². The molecule has 2 aromatic rings. The Morgan fingerprint density at radius 3 is 2.48 bits per heavy atom. The average Bonchev–Trinajstić information content (AvgIpc) is 2.66. The van der Waals surface area contributed by atoms with Crippen LogP contribution in [0.3, 0.4) is 0 Å². The van der Waals surface area contributed by atoms with Crippen molar-refractivity contribution >= 4 is 12.1 Å². The van der Waals surface area contributed by atoms with Crippen molar-refractivity contribution in [3.05, 3.63) is 53.1 Å². The van der Waals surface area contributed by atoms with E-state index in [1.54, 1.807) is 26.4 Å². The zero-order valence-electron chi connectivity index (χ0n) is 16.4. The van der Waals surface area contributed by atoms with Crippen molar-refractivity contribution in [3.8, 4) is 17.2 Å². The van der Waals surface area contributed by atoms with E-state index in [0.717, 1.165) is 11.1 Å². The van der Waals surface area contributed by atoms with Crippen molar-refractivity contribution < 1.29 is 19.0 Å². The van der Waals surface area contributed by atoms with E-state index in [1.165, 1.54) is 11.8 Å². The molecule has 0 aliphatic carbocycles. The smallest absolute Gasteiger partial charge is 0.277 e. The number of hydrogen-bond donors (Lipinski definition) is 1. The molecule has 0 aromatic heterocycles. The number of hydrazone groups is 1. The summed E-state index contributed by atoms with van der Waals surface area (Å²) in [5, 5.41) is 3.94. The Hall–Kier alpha value is -3.02. The third-order valence-corrected chi connectivity index (χ3v) is 4.04. The minimum absolute atomic E-state index is 0.107. The zero-order chi connectivity index (χ0) is 19.8. The van der Waals surface area contributed by atoms with Crippen molar-refractivity contribution in [3.63, 3.8) is 0 Å². The zero-order valence-corrected chi connectivity index (χ0v) is 16.4. The topological polar surface area (TPSA) is 69.2 Å². The number of aryl methyl sites for hydroxylation is 1. The number of nitrogens with zero attached hydrogens (tertiary/aromatic N) is 1. The van der Waals surface area contributed by atoms with Gasteiger partial charge in [-0.05, 0) is 59.9 Å². The van der Waals surface area contributed by atoms with Crippen molar-refractivity contribution in [1.29, 1.82) is 0 Å². The lowest BCUT2D eigenvalue weighted by Gasteiger charge is -2.12. The first-order valence-corrected chi connectivity index (χ1v) is 8.72. The third kappa shape index (κ3) is 5.74. The SMILES string of the molecule is COc1ccc(/C=N/NC(=O)COc2ccc(C(C)C)c(C)c2)cc1OC. The van der Waals surface area contributed by atoms with Gasteiger partial charge in [0.1, 0.15) is 5.75 Å². The summed E-state index contributed by atoms with van der Waals surface area (Å²) in [6.45, 7) is 6.22. The summed E-state index contributed by atoms with van der Waals surface area (Å²) in [5.74, 6) is 2.00. The summed E-state index contributed by atoms with van der Waals surface area (Å²) < 4.78 is 15.9. The molecular weight excluding hydrogens is 344 g/mol. The fourth-order valence-corrected chi connectivity index (χ4v) is 2.68. The van der Waals surface area contributed by atoms with Crippen molar-refractivity contribution in [2.45, 2.75) is 26.7 Å². The number of methoxy groups -OCH3 is 2. The molecule has 0 atom stereocenters. The Morgan fingerprint density at radius 1 is 1.11 bits per heavy atom. The largest absolute Gasteiger partial charge is 0.493 e. The van der Waals surface area contributed by atoms with E-state index in [4.69, 9.17) is 14.2 Å². The fraction of sp³-hybridized carbons (Fsp3) is 0.333. The first kappa shape index (κ1) is 20.3. The number of carbonyl (C=O) groups is 1. The van der Waals surface area contributed by atoms with Gasteiger partial charge in [-0.15, -0.1) is 0 Å². The molecule has 1 amide bonds. The van der Waals surface area contributed by atoms with Crippen LogP contribution in [0.2, 0.25) is 0 Å². The predicted octanol–water partition coefficient (Wildman–Crippen LogP) is 3.66. The van der Waals surface area contributed by atoms with Crippen molar-refractivity contribution in [1.82, 2.24) is 5.43 Å². The van der Waals surface area contributed by atoms with E-state index in [-0.39, 0.29) is 12.5 Å². The Bertz CT molecular complexity index is 816. The lowest BCUT2D eigenvalue weighted by atomic mass is 9.98. The van der Waals surface area contributed by atoms with E-state index in [2.05, 4.69) is 24.4 Å². The molecule has 0 saturated carbocycles. The predicted molar refractivity (Wildman–Crippen MR) is 106 cm³/mol. The van der Waals surface area contributed by atoms with Crippen LogP contribution in [0.15, 0.2) is 41.5 Å². The van der Waals surface area contributed by atoms with E-state index in [9.17, 15) is 4.79 Å². The maximum absolute atomic E-state index is 11.9. The first-order valence-electron chi connectivity index (χ1n) is 8.72. The molecule has 6 heteroatoms. The van der Waals surface area contributed by atoms with Gasteiger partial charge in [0.05, 0.1) is 20.4 Å². The Morgan fingerprint density at radius 2 is 1.85 bits per heavy atom. The number of carbonyl (C=O) groups excluding carboxylic acids is 1. The van der Waals surface area contributed by atoms with Crippen molar-refractivity contribution in [2.24, 2.45) is 5.10 Å². The summed E-state index contributed by atoms with van der Waals surface area (Å²) in [6.07, 6.45) is 1.53. The van der Waals surface area contributed by atoms with Gasteiger partial charge in [0, 0.05) is 0 Å². The molecular formula is C21H26N2O4. The molecule has 2 aromatic carbocycles. The van der Waals surface area contributed by atoms with E-state index >= 15 is 0 Å². The molecule has 0 unspecified atom stereocenters. The highest BCUT2D eigenvalue weighted by Crippen LogP contribution is 2.27. The van der Waals surface area contributed by atoms with Gasteiger partial charge in [0.15, 0.2) is 18.1 Å². The van der Waals surface area contributed by atoms with Crippen LogP contribution >= 0.6 is 0 Å². The summed E-state index contributed by atoms with van der Waals surface area (Å²) >= 11 is 0. The maximum Gasteiger partial charge on any atom is 0.277 e. The van der Waals surface area contributed by atoms with Gasteiger partial charge in [-0.25, -0.2) is 5.43 Å². The standard InChI is InChI=1S/C21H26N2O4/c1-14(2)18-8-7-17(10-15(18)3)27-13-21(24)23-22-12-16-6-9-19(25-4)20(11-16)26-5/h6-12,14H,13H2,1-5H3,(H,23,24)/b22-12+. The molecule has 6 nitrogen and oxygen atoms in total. The van der Waals surface area contributed by atoms with Gasteiger partial charge in [-0.1, -0.05) is 19.9 Å².